The van der Waals surface area contributed by atoms with Gasteiger partial charge in [0.25, 0.3) is 0 Å². The molecule has 2 aromatic rings. The number of rotatable bonds is 5. The van der Waals surface area contributed by atoms with Gasteiger partial charge < -0.3 is 10.6 Å². The molecule has 0 spiro atoms. The number of amides is 2. The molecule has 0 aliphatic heterocycles. The molecule has 1 aromatic carbocycles. The lowest BCUT2D eigenvalue weighted by Crippen LogP contribution is -2.41. The molecular formula is C18H21N3O2. The number of aromatic nitrogens is 1. The van der Waals surface area contributed by atoms with E-state index in [0.717, 1.165) is 6.42 Å². The lowest BCUT2D eigenvalue weighted by atomic mass is 9.85. The first kappa shape index (κ1) is 16.7. The molecule has 5 heteroatoms. The molecule has 0 aliphatic carbocycles. The van der Waals surface area contributed by atoms with E-state index in [2.05, 4.69) is 41.6 Å². The molecule has 0 atom stereocenters. The maximum absolute atomic E-state index is 11.9. The lowest BCUT2D eigenvalue weighted by molar-refractivity contribution is -0.136. The average molecular weight is 311 g/mol. The summed E-state index contributed by atoms with van der Waals surface area (Å²) in [5, 5.41) is 5.21. The van der Waals surface area contributed by atoms with Crippen molar-refractivity contribution < 1.29 is 9.59 Å². The molecule has 2 rings (SSSR count). The quantitative estimate of drug-likeness (QED) is 0.833. The number of hydrogen-bond acceptors (Lipinski definition) is 3. The van der Waals surface area contributed by atoms with E-state index >= 15 is 0 Å². The Bertz CT molecular complexity index is 654. The largest absolute Gasteiger partial charge is 0.347 e. The predicted octanol–water partition coefficient (Wildman–Crippen LogP) is 2.41. The fraction of sp³-hybridized carbons (Fsp3) is 0.278. The van der Waals surface area contributed by atoms with Gasteiger partial charge in [0, 0.05) is 12.7 Å². The Kier molecular flexibility index (Phi) is 5.46. The minimum atomic E-state index is -0.687. The molecule has 1 heterocycles. The van der Waals surface area contributed by atoms with Gasteiger partial charge in [0.05, 0.1) is 11.9 Å². The van der Waals surface area contributed by atoms with E-state index in [-0.39, 0.29) is 5.41 Å². The van der Waals surface area contributed by atoms with Crippen molar-refractivity contribution in [1.82, 2.24) is 10.3 Å². The maximum Gasteiger partial charge on any atom is 0.313 e. The van der Waals surface area contributed by atoms with Crippen LogP contribution in [0.3, 0.4) is 0 Å². The number of pyridine rings is 1. The van der Waals surface area contributed by atoms with Crippen molar-refractivity contribution in [2.75, 3.05) is 11.9 Å². The van der Waals surface area contributed by atoms with Crippen LogP contribution in [-0.2, 0) is 16.0 Å². The normalized spacial score (nSPS) is 10.9. The monoisotopic (exact) mass is 311 g/mol. The second-order valence-electron chi connectivity index (χ2n) is 6.21. The lowest BCUT2D eigenvalue weighted by Gasteiger charge is -2.25. The van der Waals surface area contributed by atoms with Crippen molar-refractivity contribution in [1.29, 1.82) is 0 Å². The molecule has 120 valence electrons. The zero-order valence-corrected chi connectivity index (χ0v) is 13.4. The van der Waals surface area contributed by atoms with Crippen LogP contribution < -0.4 is 10.6 Å². The van der Waals surface area contributed by atoms with Crippen LogP contribution in [-0.4, -0.2) is 23.3 Å². The van der Waals surface area contributed by atoms with Crippen LogP contribution >= 0.6 is 0 Å². The van der Waals surface area contributed by atoms with Crippen LogP contribution in [0.2, 0.25) is 0 Å². The number of hydrogen-bond donors (Lipinski definition) is 2. The summed E-state index contributed by atoms with van der Waals surface area (Å²) in [5.74, 6) is -1.33. The standard InChI is InChI=1S/C18H21N3O2/c1-18(2,11-14-7-4-3-5-8-14)13-20-16(22)17(23)21-15-9-6-10-19-12-15/h3-10,12H,11,13H2,1-2H3,(H,20,22)(H,21,23). The highest BCUT2D eigenvalue weighted by Gasteiger charge is 2.22. The van der Waals surface area contributed by atoms with Crippen LogP contribution in [0.5, 0.6) is 0 Å². The molecule has 1 aromatic heterocycles. The smallest absolute Gasteiger partial charge is 0.313 e. The molecule has 2 N–H and O–H groups in total. The number of carbonyl (C=O) groups excluding carboxylic acids is 2. The van der Waals surface area contributed by atoms with E-state index in [1.54, 1.807) is 18.3 Å². The van der Waals surface area contributed by atoms with Crippen LogP contribution in [0.15, 0.2) is 54.9 Å². The first-order chi connectivity index (χ1) is 11.0. The van der Waals surface area contributed by atoms with Crippen molar-refractivity contribution in [3.63, 3.8) is 0 Å². The zero-order chi connectivity index (χ0) is 16.7. The number of carbonyl (C=O) groups is 2. The van der Waals surface area contributed by atoms with Gasteiger partial charge in [-0.1, -0.05) is 44.2 Å². The van der Waals surface area contributed by atoms with Gasteiger partial charge >= 0.3 is 11.8 Å². The molecular weight excluding hydrogens is 290 g/mol. The maximum atomic E-state index is 11.9. The van der Waals surface area contributed by atoms with Gasteiger partial charge in [-0.25, -0.2) is 0 Å². The van der Waals surface area contributed by atoms with Gasteiger partial charge in [-0.3, -0.25) is 14.6 Å². The minimum Gasteiger partial charge on any atom is -0.347 e. The molecule has 0 saturated heterocycles. The Hall–Kier alpha value is -2.69. The molecule has 23 heavy (non-hydrogen) atoms. The molecule has 0 unspecified atom stereocenters. The van der Waals surface area contributed by atoms with E-state index in [1.165, 1.54) is 11.8 Å². The van der Waals surface area contributed by atoms with E-state index in [1.807, 2.05) is 18.2 Å². The van der Waals surface area contributed by atoms with Crippen molar-refractivity contribution >= 4 is 17.5 Å². The SMILES string of the molecule is CC(C)(CNC(=O)C(=O)Nc1cccnc1)Cc1ccccc1. The summed E-state index contributed by atoms with van der Waals surface area (Å²) in [6, 6.07) is 13.4. The first-order valence-electron chi connectivity index (χ1n) is 7.49. The fourth-order valence-corrected chi connectivity index (χ4v) is 2.24. The minimum absolute atomic E-state index is 0.147. The summed E-state index contributed by atoms with van der Waals surface area (Å²) in [7, 11) is 0. The zero-order valence-electron chi connectivity index (χ0n) is 13.4. The summed E-state index contributed by atoms with van der Waals surface area (Å²) in [4.78, 5) is 27.6. The van der Waals surface area contributed by atoms with Crippen molar-refractivity contribution in [3.8, 4) is 0 Å². The highest BCUT2D eigenvalue weighted by atomic mass is 16.2. The number of anilines is 1. The second-order valence-corrected chi connectivity index (χ2v) is 6.21. The Morgan fingerprint density at radius 2 is 1.78 bits per heavy atom. The highest BCUT2D eigenvalue weighted by Crippen LogP contribution is 2.20. The van der Waals surface area contributed by atoms with Crippen LogP contribution in [0.4, 0.5) is 5.69 Å². The molecule has 2 amide bonds. The third-order valence-corrected chi connectivity index (χ3v) is 3.38. The van der Waals surface area contributed by atoms with Gasteiger partial charge in [-0.15, -0.1) is 0 Å². The third kappa shape index (κ3) is 5.54. The summed E-state index contributed by atoms with van der Waals surface area (Å²) in [5.41, 5.74) is 1.55. The Morgan fingerprint density at radius 1 is 1.04 bits per heavy atom. The topological polar surface area (TPSA) is 71.1 Å². The Labute approximate surface area is 136 Å². The summed E-state index contributed by atoms with van der Waals surface area (Å²) in [6.07, 6.45) is 3.91. The second kappa shape index (κ2) is 7.54. The molecule has 0 aliphatic rings. The average Bonchev–Trinajstić information content (AvgIpc) is 2.54. The molecule has 5 nitrogen and oxygen atoms in total. The van der Waals surface area contributed by atoms with Gasteiger partial charge in [-0.05, 0) is 29.5 Å². The fourth-order valence-electron chi connectivity index (χ4n) is 2.24. The highest BCUT2D eigenvalue weighted by molar-refractivity contribution is 6.39. The molecule has 0 fully saturated rings. The van der Waals surface area contributed by atoms with Gasteiger partial charge in [0.15, 0.2) is 0 Å². The predicted molar refractivity (Wildman–Crippen MR) is 89.8 cm³/mol. The molecule has 0 radical (unpaired) electrons. The number of nitrogens with zero attached hydrogens (tertiary/aromatic N) is 1. The van der Waals surface area contributed by atoms with E-state index in [4.69, 9.17) is 0 Å². The van der Waals surface area contributed by atoms with Crippen LogP contribution in [0.1, 0.15) is 19.4 Å². The number of nitrogens with one attached hydrogen (secondary N) is 2. The van der Waals surface area contributed by atoms with Gasteiger partial charge in [0.2, 0.25) is 0 Å². The number of benzene rings is 1. The Balaban J connectivity index is 1.84. The summed E-state index contributed by atoms with van der Waals surface area (Å²) < 4.78 is 0. The van der Waals surface area contributed by atoms with Gasteiger partial charge in [-0.2, -0.15) is 0 Å². The first-order valence-corrected chi connectivity index (χ1v) is 7.49. The van der Waals surface area contributed by atoms with E-state index in [9.17, 15) is 9.59 Å². The van der Waals surface area contributed by atoms with Crippen molar-refractivity contribution in [2.45, 2.75) is 20.3 Å². The summed E-state index contributed by atoms with van der Waals surface area (Å²) in [6.45, 7) is 4.53. The van der Waals surface area contributed by atoms with Crippen molar-refractivity contribution in [2.24, 2.45) is 5.41 Å². The summed E-state index contributed by atoms with van der Waals surface area (Å²) >= 11 is 0. The van der Waals surface area contributed by atoms with Gasteiger partial charge in [0.1, 0.15) is 0 Å². The van der Waals surface area contributed by atoms with Crippen molar-refractivity contribution in [3.05, 3.63) is 60.4 Å². The van der Waals surface area contributed by atoms with Crippen LogP contribution in [0, 0.1) is 5.41 Å². The van der Waals surface area contributed by atoms with Crippen LogP contribution in [0.25, 0.3) is 0 Å². The molecule has 0 bridgehead atoms. The van der Waals surface area contributed by atoms with E-state index < -0.39 is 11.8 Å². The molecule has 0 saturated carbocycles. The van der Waals surface area contributed by atoms with E-state index in [0.29, 0.717) is 12.2 Å². The third-order valence-electron chi connectivity index (χ3n) is 3.38. The Morgan fingerprint density at radius 3 is 2.43 bits per heavy atom.